The number of benzene rings is 1. The Kier molecular flexibility index (Phi) is 2.17. The van der Waals surface area contributed by atoms with Gasteiger partial charge in [-0.15, -0.1) is 0 Å². The molecule has 1 fully saturated rings. The van der Waals surface area contributed by atoms with Crippen LogP contribution in [-0.4, -0.2) is 6.61 Å². The topological polar surface area (TPSA) is 35.2 Å². The monoisotopic (exact) mass is 203 g/mol. The molecular weight excluding hydrogens is 186 g/mol. The molecule has 1 aromatic carbocycles. The molecule has 1 aliphatic heterocycles. The van der Waals surface area contributed by atoms with E-state index >= 15 is 0 Å². The van der Waals surface area contributed by atoms with Gasteiger partial charge < -0.3 is 10.5 Å². The highest BCUT2D eigenvalue weighted by Gasteiger charge is 2.32. The predicted molar refractivity (Wildman–Crippen MR) is 59.9 cm³/mol. The molecule has 1 saturated carbocycles. The standard InChI is InChI=1S/C13H17NO/c14-12(9-6-7-9)11-5-1-3-10-4-2-8-15-13(10)11/h1,3,5,9,12H,2,4,6-8,14H2. The lowest BCUT2D eigenvalue weighted by atomic mass is 9.96. The van der Waals surface area contributed by atoms with Crippen molar-refractivity contribution in [3.8, 4) is 5.75 Å². The van der Waals surface area contributed by atoms with Crippen molar-refractivity contribution in [1.29, 1.82) is 0 Å². The second-order valence-corrected chi connectivity index (χ2v) is 4.65. The number of aryl methyl sites for hydroxylation is 1. The molecule has 0 amide bonds. The normalized spacial score (nSPS) is 21.7. The fourth-order valence-corrected chi connectivity index (χ4v) is 2.39. The summed E-state index contributed by atoms with van der Waals surface area (Å²) >= 11 is 0. The zero-order valence-corrected chi connectivity index (χ0v) is 8.91. The highest BCUT2D eigenvalue weighted by molar-refractivity contribution is 5.44. The summed E-state index contributed by atoms with van der Waals surface area (Å²) < 4.78 is 5.77. The van der Waals surface area contributed by atoms with Crippen LogP contribution in [0.15, 0.2) is 18.2 Å². The van der Waals surface area contributed by atoms with Gasteiger partial charge in [0.05, 0.1) is 6.61 Å². The smallest absolute Gasteiger partial charge is 0.127 e. The summed E-state index contributed by atoms with van der Waals surface area (Å²) in [5.74, 6) is 1.78. The Balaban J connectivity index is 1.98. The van der Waals surface area contributed by atoms with Gasteiger partial charge in [0.25, 0.3) is 0 Å². The first kappa shape index (κ1) is 9.22. The van der Waals surface area contributed by atoms with Gasteiger partial charge in [-0.05, 0) is 37.2 Å². The first-order valence-corrected chi connectivity index (χ1v) is 5.86. The molecule has 1 aliphatic carbocycles. The summed E-state index contributed by atoms with van der Waals surface area (Å²) in [5.41, 5.74) is 8.82. The number of ether oxygens (including phenoxy) is 1. The van der Waals surface area contributed by atoms with Crippen LogP contribution in [0.5, 0.6) is 5.75 Å². The Bertz CT molecular complexity index is 371. The third-order valence-electron chi connectivity index (χ3n) is 3.45. The van der Waals surface area contributed by atoms with E-state index in [2.05, 4.69) is 18.2 Å². The van der Waals surface area contributed by atoms with Crippen molar-refractivity contribution in [2.75, 3.05) is 6.61 Å². The summed E-state index contributed by atoms with van der Waals surface area (Å²) in [6, 6.07) is 6.61. The Morgan fingerprint density at radius 1 is 1.33 bits per heavy atom. The van der Waals surface area contributed by atoms with Crippen LogP contribution in [0, 0.1) is 5.92 Å². The lowest BCUT2D eigenvalue weighted by Crippen LogP contribution is -2.17. The molecule has 2 nitrogen and oxygen atoms in total. The van der Waals surface area contributed by atoms with Crippen molar-refractivity contribution < 1.29 is 4.74 Å². The van der Waals surface area contributed by atoms with Crippen LogP contribution in [0.3, 0.4) is 0 Å². The fraction of sp³-hybridized carbons (Fsp3) is 0.538. The number of rotatable bonds is 2. The van der Waals surface area contributed by atoms with Crippen molar-refractivity contribution in [3.05, 3.63) is 29.3 Å². The van der Waals surface area contributed by atoms with E-state index in [1.165, 1.54) is 24.0 Å². The van der Waals surface area contributed by atoms with Crippen molar-refractivity contribution in [2.45, 2.75) is 31.7 Å². The van der Waals surface area contributed by atoms with Crippen molar-refractivity contribution in [3.63, 3.8) is 0 Å². The zero-order valence-electron chi connectivity index (χ0n) is 8.91. The second kappa shape index (κ2) is 3.53. The maximum Gasteiger partial charge on any atom is 0.127 e. The van der Waals surface area contributed by atoms with E-state index in [-0.39, 0.29) is 6.04 Å². The molecule has 1 heterocycles. The van der Waals surface area contributed by atoms with Crippen LogP contribution >= 0.6 is 0 Å². The summed E-state index contributed by atoms with van der Waals surface area (Å²) in [5, 5.41) is 0. The molecule has 0 spiro atoms. The van der Waals surface area contributed by atoms with E-state index in [0.717, 1.165) is 25.2 Å². The molecule has 1 unspecified atom stereocenters. The predicted octanol–water partition coefficient (Wildman–Crippen LogP) is 2.42. The van der Waals surface area contributed by atoms with Crippen LogP contribution in [0.25, 0.3) is 0 Å². The Hall–Kier alpha value is -1.02. The summed E-state index contributed by atoms with van der Waals surface area (Å²) in [4.78, 5) is 0. The van der Waals surface area contributed by atoms with Gasteiger partial charge in [-0.2, -0.15) is 0 Å². The SMILES string of the molecule is NC(c1cccc2c1OCCC2)C1CC1. The molecule has 80 valence electrons. The molecule has 0 radical (unpaired) electrons. The third-order valence-corrected chi connectivity index (χ3v) is 3.45. The maximum atomic E-state index is 6.24. The molecule has 0 aromatic heterocycles. The van der Waals surface area contributed by atoms with Crippen molar-refractivity contribution >= 4 is 0 Å². The van der Waals surface area contributed by atoms with E-state index in [1.807, 2.05) is 0 Å². The van der Waals surface area contributed by atoms with Crippen LogP contribution in [0.4, 0.5) is 0 Å². The van der Waals surface area contributed by atoms with E-state index < -0.39 is 0 Å². The van der Waals surface area contributed by atoms with Gasteiger partial charge in [0.1, 0.15) is 5.75 Å². The van der Waals surface area contributed by atoms with E-state index in [1.54, 1.807) is 0 Å². The number of fused-ring (bicyclic) bond motifs is 1. The summed E-state index contributed by atoms with van der Waals surface area (Å²) in [6.07, 6.45) is 4.84. The number of nitrogens with two attached hydrogens (primary N) is 1. The molecule has 15 heavy (non-hydrogen) atoms. The molecule has 0 saturated heterocycles. The first-order chi connectivity index (χ1) is 7.36. The molecule has 2 aliphatic rings. The Morgan fingerprint density at radius 3 is 3.00 bits per heavy atom. The fourth-order valence-electron chi connectivity index (χ4n) is 2.39. The van der Waals surface area contributed by atoms with Gasteiger partial charge in [-0.25, -0.2) is 0 Å². The highest BCUT2D eigenvalue weighted by atomic mass is 16.5. The lowest BCUT2D eigenvalue weighted by molar-refractivity contribution is 0.282. The van der Waals surface area contributed by atoms with E-state index in [0.29, 0.717) is 5.92 Å². The van der Waals surface area contributed by atoms with Crippen LogP contribution in [0.1, 0.15) is 36.4 Å². The Labute approximate surface area is 90.4 Å². The molecular formula is C13H17NO. The van der Waals surface area contributed by atoms with Crippen LogP contribution < -0.4 is 10.5 Å². The molecule has 0 bridgehead atoms. The first-order valence-electron chi connectivity index (χ1n) is 5.86. The van der Waals surface area contributed by atoms with Gasteiger partial charge in [-0.3, -0.25) is 0 Å². The second-order valence-electron chi connectivity index (χ2n) is 4.65. The quantitative estimate of drug-likeness (QED) is 0.801. The summed E-state index contributed by atoms with van der Waals surface area (Å²) in [6.45, 7) is 0.849. The minimum Gasteiger partial charge on any atom is -0.493 e. The van der Waals surface area contributed by atoms with E-state index in [9.17, 15) is 0 Å². The van der Waals surface area contributed by atoms with Gasteiger partial charge in [0.15, 0.2) is 0 Å². The molecule has 1 atom stereocenters. The van der Waals surface area contributed by atoms with E-state index in [4.69, 9.17) is 10.5 Å². The number of para-hydroxylation sites is 1. The molecule has 2 heteroatoms. The lowest BCUT2D eigenvalue weighted by Gasteiger charge is -2.23. The molecule has 3 rings (SSSR count). The average Bonchev–Trinajstić information content (AvgIpc) is 3.11. The zero-order chi connectivity index (χ0) is 10.3. The van der Waals surface area contributed by atoms with Gasteiger partial charge in [0, 0.05) is 11.6 Å². The Morgan fingerprint density at radius 2 is 2.20 bits per heavy atom. The third kappa shape index (κ3) is 1.63. The van der Waals surface area contributed by atoms with Crippen molar-refractivity contribution in [1.82, 2.24) is 0 Å². The molecule has 2 N–H and O–H groups in total. The minimum absolute atomic E-state index is 0.193. The average molecular weight is 203 g/mol. The maximum absolute atomic E-state index is 6.24. The largest absolute Gasteiger partial charge is 0.493 e. The summed E-state index contributed by atoms with van der Waals surface area (Å²) in [7, 11) is 0. The highest BCUT2D eigenvalue weighted by Crippen LogP contribution is 2.43. The number of hydrogen-bond acceptors (Lipinski definition) is 2. The van der Waals surface area contributed by atoms with Crippen LogP contribution in [-0.2, 0) is 6.42 Å². The van der Waals surface area contributed by atoms with Gasteiger partial charge in [-0.1, -0.05) is 18.2 Å². The number of hydrogen-bond donors (Lipinski definition) is 1. The van der Waals surface area contributed by atoms with Crippen molar-refractivity contribution in [2.24, 2.45) is 11.7 Å². The van der Waals surface area contributed by atoms with Crippen LogP contribution in [0.2, 0.25) is 0 Å². The van der Waals surface area contributed by atoms with Gasteiger partial charge in [0.2, 0.25) is 0 Å². The van der Waals surface area contributed by atoms with Gasteiger partial charge >= 0.3 is 0 Å². The molecule has 1 aromatic rings. The minimum atomic E-state index is 0.193.